The molecule has 3 rings (SSSR count). The van der Waals surface area contributed by atoms with E-state index in [4.69, 9.17) is 17.3 Å². The lowest BCUT2D eigenvalue weighted by atomic mass is 10.0. The van der Waals surface area contributed by atoms with E-state index in [1.54, 1.807) is 11.3 Å². The van der Waals surface area contributed by atoms with Crippen molar-refractivity contribution in [3.63, 3.8) is 0 Å². The van der Waals surface area contributed by atoms with Crippen molar-refractivity contribution in [3.05, 3.63) is 71.1 Å². The molecule has 0 saturated heterocycles. The van der Waals surface area contributed by atoms with Crippen LogP contribution in [0.4, 0.5) is 0 Å². The first kappa shape index (κ1) is 21.3. The fourth-order valence-corrected chi connectivity index (χ4v) is 4.48. The van der Waals surface area contributed by atoms with Crippen molar-refractivity contribution in [1.82, 2.24) is 10.2 Å². The summed E-state index contributed by atoms with van der Waals surface area (Å²) in [6, 6.07) is 17.0. The first-order valence-electron chi connectivity index (χ1n) is 9.49. The Labute approximate surface area is 179 Å². The first-order chi connectivity index (χ1) is 14.2. The number of benzene rings is 2. The fraction of sp³-hybridized carbons (Fsp3) is 0.273. The molecule has 152 valence electrons. The van der Waals surface area contributed by atoms with Crippen molar-refractivity contribution >= 4 is 44.8 Å². The molecule has 1 atom stereocenters. The fourth-order valence-electron chi connectivity index (χ4n) is 3.35. The largest absolute Gasteiger partial charge is 0.354 e. The molecule has 1 aromatic heterocycles. The minimum Gasteiger partial charge on any atom is -0.354 e. The maximum atomic E-state index is 13.2. The van der Waals surface area contributed by atoms with Crippen LogP contribution in [0.25, 0.3) is 10.1 Å². The number of nitrogens with two attached hydrogens (primary N) is 1. The second kappa shape index (κ2) is 10.4. The first-order valence-corrected chi connectivity index (χ1v) is 10.9. The summed E-state index contributed by atoms with van der Waals surface area (Å²) >= 11 is 7.39. The van der Waals surface area contributed by atoms with Crippen molar-refractivity contribution < 1.29 is 9.59 Å². The van der Waals surface area contributed by atoms with Crippen LogP contribution < -0.4 is 11.1 Å². The Morgan fingerprint density at radius 3 is 2.55 bits per heavy atom. The quantitative estimate of drug-likeness (QED) is 0.512. The lowest BCUT2D eigenvalue weighted by molar-refractivity contribution is -0.138. The molecule has 0 spiro atoms. The van der Waals surface area contributed by atoms with Gasteiger partial charge in [0.15, 0.2) is 0 Å². The Morgan fingerprint density at radius 1 is 1.10 bits per heavy atom. The molecule has 0 aliphatic rings. The standard InChI is InChI=1S/C22H24ClN3O2S/c23-14-20(27)26(13-11-24)21(18-15-29-19-9-5-4-8-17(18)19)22(28)25-12-10-16-6-2-1-3-7-16/h1-9,15,21H,10-14,24H2,(H,25,28). The van der Waals surface area contributed by atoms with E-state index in [9.17, 15) is 9.59 Å². The Hall–Kier alpha value is -2.41. The summed E-state index contributed by atoms with van der Waals surface area (Å²) in [4.78, 5) is 27.2. The molecule has 5 nitrogen and oxygen atoms in total. The molecular formula is C22H24ClN3O2S. The number of alkyl halides is 1. The lowest BCUT2D eigenvalue weighted by Crippen LogP contribution is -2.46. The van der Waals surface area contributed by atoms with Gasteiger partial charge in [0.1, 0.15) is 11.9 Å². The van der Waals surface area contributed by atoms with E-state index in [-0.39, 0.29) is 30.8 Å². The van der Waals surface area contributed by atoms with Crippen LogP contribution >= 0.6 is 22.9 Å². The summed E-state index contributed by atoms with van der Waals surface area (Å²) in [5.74, 6) is -0.734. The molecule has 0 saturated carbocycles. The maximum Gasteiger partial charge on any atom is 0.247 e. The van der Waals surface area contributed by atoms with Crippen LogP contribution in [0.1, 0.15) is 17.2 Å². The molecule has 0 aliphatic heterocycles. The number of nitrogens with one attached hydrogen (secondary N) is 1. The third-order valence-corrected chi connectivity index (χ3v) is 5.94. The van der Waals surface area contributed by atoms with Gasteiger partial charge in [-0.25, -0.2) is 0 Å². The van der Waals surface area contributed by atoms with Gasteiger partial charge in [0.2, 0.25) is 11.8 Å². The predicted octanol–water partition coefficient (Wildman–Crippen LogP) is 3.33. The van der Waals surface area contributed by atoms with Gasteiger partial charge < -0.3 is 16.0 Å². The summed E-state index contributed by atoms with van der Waals surface area (Å²) in [6.45, 7) is 0.984. The van der Waals surface area contributed by atoms with Gasteiger partial charge in [0.25, 0.3) is 0 Å². The van der Waals surface area contributed by atoms with Crippen LogP contribution in [0, 0.1) is 0 Å². The minimum atomic E-state index is -0.767. The Balaban J connectivity index is 1.87. The second-order valence-corrected chi connectivity index (χ2v) is 7.80. The monoisotopic (exact) mass is 429 g/mol. The van der Waals surface area contributed by atoms with E-state index < -0.39 is 6.04 Å². The highest BCUT2D eigenvalue weighted by molar-refractivity contribution is 7.17. The smallest absolute Gasteiger partial charge is 0.247 e. The number of hydrogen-bond donors (Lipinski definition) is 2. The normalized spacial score (nSPS) is 11.9. The highest BCUT2D eigenvalue weighted by Crippen LogP contribution is 2.33. The molecule has 2 aromatic carbocycles. The number of fused-ring (bicyclic) bond motifs is 1. The van der Waals surface area contributed by atoms with E-state index in [1.165, 1.54) is 4.90 Å². The van der Waals surface area contributed by atoms with Gasteiger partial charge in [0, 0.05) is 29.9 Å². The highest BCUT2D eigenvalue weighted by atomic mass is 35.5. The molecule has 0 fully saturated rings. The number of nitrogens with zero attached hydrogens (tertiary/aromatic N) is 1. The van der Waals surface area contributed by atoms with Crippen LogP contribution in [0.3, 0.4) is 0 Å². The number of carbonyl (C=O) groups is 2. The van der Waals surface area contributed by atoms with Crippen molar-refractivity contribution in [1.29, 1.82) is 0 Å². The van der Waals surface area contributed by atoms with Gasteiger partial charge in [-0.1, -0.05) is 48.5 Å². The summed E-state index contributed by atoms with van der Waals surface area (Å²) in [5.41, 5.74) is 7.68. The van der Waals surface area contributed by atoms with Gasteiger partial charge in [-0.3, -0.25) is 9.59 Å². The zero-order valence-electron chi connectivity index (χ0n) is 16.0. The zero-order chi connectivity index (χ0) is 20.6. The second-order valence-electron chi connectivity index (χ2n) is 6.63. The average molecular weight is 430 g/mol. The van der Waals surface area contributed by atoms with Crippen LogP contribution in [-0.2, 0) is 16.0 Å². The molecule has 7 heteroatoms. The molecular weight excluding hydrogens is 406 g/mol. The van der Waals surface area contributed by atoms with Gasteiger partial charge in [-0.15, -0.1) is 22.9 Å². The highest BCUT2D eigenvalue weighted by Gasteiger charge is 2.32. The Bertz CT molecular complexity index is 961. The minimum absolute atomic E-state index is 0.199. The summed E-state index contributed by atoms with van der Waals surface area (Å²) in [7, 11) is 0. The van der Waals surface area contributed by atoms with E-state index >= 15 is 0 Å². The number of amides is 2. The van der Waals surface area contributed by atoms with Crippen molar-refractivity contribution in [2.24, 2.45) is 5.73 Å². The van der Waals surface area contributed by atoms with Crippen LogP contribution in [0.15, 0.2) is 60.0 Å². The summed E-state index contributed by atoms with van der Waals surface area (Å²) < 4.78 is 1.07. The molecule has 1 heterocycles. The van der Waals surface area contributed by atoms with Crippen LogP contribution in [0.2, 0.25) is 0 Å². The molecule has 0 radical (unpaired) electrons. The Morgan fingerprint density at radius 2 is 1.83 bits per heavy atom. The number of halogens is 1. The molecule has 2 amide bonds. The van der Waals surface area contributed by atoms with Crippen molar-refractivity contribution in [2.75, 3.05) is 25.5 Å². The van der Waals surface area contributed by atoms with Crippen molar-refractivity contribution in [3.8, 4) is 0 Å². The third kappa shape index (κ3) is 5.15. The topological polar surface area (TPSA) is 75.4 Å². The lowest BCUT2D eigenvalue weighted by Gasteiger charge is -2.30. The zero-order valence-corrected chi connectivity index (χ0v) is 17.6. The number of rotatable bonds is 9. The number of thiophene rings is 1. The Kier molecular flexibility index (Phi) is 7.63. The SMILES string of the molecule is NCCN(C(=O)CCl)C(C(=O)NCCc1ccccc1)c1csc2ccccc12. The number of carbonyl (C=O) groups excluding carboxylic acids is 2. The maximum absolute atomic E-state index is 13.2. The van der Waals surface area contributed by atoms with Gasteiger partial charge in [-0.05, 0) is 28.8 Å². The molecule has 3 N–H and O–H groups in total. The van der Waals surface area contributed by atoms with Gasteiger partial charge >= 0.3 is 0 Å². The van der Waals surface area contributed by atoms with E-state index in [0.717, 1.165) is 21.2 Å². The van der Waals surface area contributed by atoms with Crippen molar-refractivity contribution in [2.45, 2.75) is 12.5 Å². The van der Waals surface area contributed by atoms with E-state index in [2.05, 4.69) is 5.32 Å². The molecule has 3 aromatic rings. The number of hydrogen-bond acceptors (Lipinski definition) is 4. The molecule has 0 aliphatic carbocycles. The van der Waals surface area contributed by atoms with Gasteiger partial charge in [-0.2, -0.15) is 0 Å². The third-order valence-electron chi connectivity index (χ3n) is 4.73. The summed E-state index contributed by atoms with van der Waals surface area (Å²) in [6.07, 6.45) is 0.712. The molecule has 1 unspecified atom stereocenters. The van der Waals surface area contributed by atoms with Crippen LogP contribution in [-0.4, -0.2) is 42.2 Å². The van der Waals surface area contributed by atoms with Crippen LogP contribution in [0.5, 0.6) is 0 Å². The van der Waals surface area contributed by atoms with Gasteiger partial charge in [0.05, 0.1) is 0 Å². The average Bonchev–Trinajstić information content (AvgIpc) is 3.17. The van der Waals surface area contributed by atoms with E-state index in [1.807, 2.05) is 60.0 Å². The predicted molar refractivity (Wildman–Crippen MR) is 119 cm³/mol. The van der Waals surface area contributed by atoms with E-state index in [0.29, 0.717) is 13.0 Å². The molecule has 0 bridgehead atoms. The molecule has 29 heavy (non-hydrogen) atoms. The summed E-state index contributed by atoms with van der Waals surface area (Å²) in [5, 5.41) is 5.89.